The molecule has 0 aliphatic heterocycles. The highest BCUT2D eigenvalue weighted by Gasteiger charge is 2.09. The number of hydrogen-bond donors (Lipinski definition) is 1. The molecule has 0 saturated carbocycles. The van der Waals surface area contributed by atoms with Gasteiger partial charge in [0.1, 0.15) is 0 Å². The normalized spacial score (nSPS) is 12.4. The van der Waals surface area contributed by atoms with Crippen LogP contribution in [0, 0.1) is 0 Å². The number of nitrogens with two attached hydrogens (primary N) is 1. The van der Waals surface area contributed by atoms with Crippen molar-refractivity contribution < 1.29 is 0 Å². The Morgan fingerprint density at radius 1 is 1.39 bits per heavy atom. The lowest BCUT2D eigenvalue weighted by molar-refractivity contribution is 0.835. The number of aromatic nitrogens is 1. The van der Waals surface area contributed by atoms with Gasteiger partial charge in [-0.15, -0.1) is 11.3 Å². The van der Waals surface area contributed by atoms with E-state index in [1.165, 1.54) is 5.56 Å². The summed E-state index contributed by atoms with van der Waals surface area (Å²) in [6.45, 7) is 2.82. The molecule has 0 aliphatic carbocycles. The highest BCUT2D eigenvalue weighted by Crippen LogP contribution is 2.26. The molecule has 2 aromatic rings. The van der Waals surface area contributed by atoms with Crippen molar-refractivity contribution in [3.05, 3.63) is 45.4 Å². The molecule has 0 radical (unpaired) electrons. The van der Waals surface area contributed by atoms with Gasteiger partial charge in [-0.3, -0.25) is 0 Å². The number of nitrogens with zero attached hydrogens (tertiary/aromatic N) is 2. The van der Waals surface area contributed by atoms with Crippen molar-refractivity contribution in [2.24, 2.45) is 5.73 Å². The number of thiazole rings is 1. The molecule has 1 aromatic carbocycles. The summed E-state index contributed by atoms with van der Waals surface area (Å²) in [7, 11) is 2.05. The Labute approximate surface area is 120 Å². The summed E-state index contributed by atoms with van der Waals surface area (Å²) in [6.07, 6.45) is 1.86. The lowest BCUT2D eigenvalue weighted by Crippen LogP contribution is -2.15. The maximum absolute atomic E-state index is 5.84. The van der Waals surface area contributed by atoms with Crippen molar-refractivity contribution in [2.45, 2.75) is 19.5 Å². The van der Waals surface area contributed by atoms with E-state index in [0.29, 0.717) is 0 Å². The molecule has 1 unspecified atom stereocenters. The quantitative estimate of drug-likeness (QED) is 0.934. The van der Waals surface area contributed by atoms with Crippen LogP contribution >= 0.6 is 27.3 Å². The summed E-state index contributed by atoms with van der Waals surface area (Å²) in [6, 6.07) is 8.38. The van der Waals surface area contributed by atoms with E-state index in [2.05, 4.69) is 50.1 Å². The molecular formula is C13H16BrN3S. The summed E-state index contributed by atoms with van der Waals surface area (Å²) in [5, 5.41) is 1.00. The molecule has 1 atom stereocenters. The highest BCUT2D eigenvalue weighted by molar-refractivity contribution is 9.10. The van der Waals surface area contributed by atoms with Gasteiger partial charge < -0.3 is 10.6 Å². The van der Waals surface area contributed by atoms with E-state index < -0.39 is 0 Å². The molecule has 18 heavy (non-hydrogen) atoms. The third-order valence-corrected chi connectivity index (χ3v) is 4.46. The van der Waals surface area contributed by atoms with Crippen LogP contribution in [0.5, 0.6) is 0 Å². The number of halogens is 1. The predicted molar refractivity (Wildman–Crippen MR) is 81.0 cm³/mol. The van der Waals surface area contributed by atoms with Crippen molar-refractivity contribution in [1.29, 1.82) is 0 Å². The molecule has 2 N–H and O–H groups in total. The molecule has 5 heteroatoms. The molecule has 0 bridgehead atoms. The molecular weight excluding hydrogens is 310 g/mol. The Morgan fingerprint density at radius 2 is 2.06 bits per heavy atom. The zero-order chi connectivity index (χ0) is 13.1. The van der Waals surface area contributed by atoms with Crippen LogP contribution in [0.15, 0.2) is 34.9 Å². The van der Waals surface area contributed by atoms with Gasteiger partial charge in [-0.25, -0.2) is 4.98 Å². The van der Waals surface area contributed by atoms with Crippen molar-refractivity contribution >= 4 is 32.4 Å². The van der Waals surface area contributed by atoms with Crippen LogP contribution < -0.4 is 10.6 Å². The van der Waals surface area contributed by atoms with Crippen LogP contribution in [0.1, 0.15) is 23.4 Å². The number of anilines is 1. The molecule has 3 nitrogen and oxygen atoms in total. The Bertz CT molecular complexity index is 507. The first-order valence-corrected chi connectivity index (χ1v) is 7.34. The van der Waals surface area contributed by atoms with E-state index >= 15 is 0 Å². The average Bonchev–Trinajstić information content (AvgIpc) is 2.81. The van der Waals surface area contributed by atoms with E-state index in [9.17, 15) is 0 Å². The molecule has 96 valence electrons. The SMILES string of the molecule is CC(N)c1cnc(N(C)Cc2ccc(Br)cc2)s1. The number of rotatable bonds is 4. The lowest BCUT2D eigenvalue weighted by Gasteiger charge is -2.15. The van der Waals surface area contributed by atoms with Crippen LogP contribution in [0.25, 0.3) is 0 Å². The summed E-state index contributed by atoms with van der Waals surface area (Å²) in [5.41, 5.74) is 7.11. The third kappa shape index (κ3) is 3.31. The van der Waals surface area contributed by atoms with Crippen LogP contribution in [0.2, 0.25) is 0 Å². The monoisotopic (exact) mass is 325 g/mol. The number of hydrogen-bond acceptors (Lipinski definition) is 4. The van der Waals surface area contributed by atoms with Gasteiger partial charge in [-0.05, 0) is 24.6 Å². The molecule has 0 fully saturated rings. The molecule has 0 spiro atoms. The summed E-state index contributed by atoms with van der Waals surface area (Å²) in [4.78, 5) is 7.66. The van der Waals surface area contributed by atoms with Gasteiger partial charge in [0.25, 0.3) is 0 Å². The highest BCUT2D eigenvalue weighted by atomic mass is 79.9. The standard InChI is InChI=1S/C13H16BrN3S/c1-9(15)12-7-16-13(18-12)17(2)8-10-3-5-11(14)6-4-10/h3-7,9H,8,15H2,1-2H3. The van der Waals surface area contributed by atoms with Crippen LogP contribution in [0.3, 0.4) is 0 Å². The average molecular weight is 326 g/mol. The van der Waals surface area contributed by atoms with Crippen molar-refractivity contribution in [3.63, 3.8) is 0 Å². The van der Waals surface area contributed by atoms with Crippen molar-refractivity contribution in [3.8, 4) is 0 Å². The summed E-state index contributed by atoms with van der Waals surface area (Å²) < 4.78 is 1.10. The topological polar surface area (TPSA) is 42.1 Å². The van der Waals surface area contributed by atoms with Gasteiger partial charge in [0.2, 0.25) is 0 Å². The smallest absolute Gasteiger partial charge is 0.185 e. The predicted octanol–water partition coefficient (Wildman–Crippen LogP) is 3.56. The fourth-order valence-electron chi connectivity index (χ4n) is 1.60. The Balaban J connectivity index is 2.06. The second kappa shape index (κ2) is 5.82. The zero-order valence-corrected chi connectivity index (χ0v) is 12.8. The summed E-state index contributed by atoms with van der Waals surface area (Å²) in [5.74, 6) is 0. The fourth-order valence-corrected chi connectivity index (χ4v) is 2.69. The van der Waals surface area contributed by atoms with E-state index in [1.807, 2.05) is 20.2 Å². The van der Waals surface area contributed by atoms with Gasteiger partial charge in [-0.2, -0.15) is 0 Å². The second-order valence-electron chi connectivity index (χ2n) is 4.32. The summed E-state index contributed by atoms with van der Waals surface area (Å²) >= 11 is 5.09. The van der Waals surface area contributed by atoms with Gasteiger partial charge >= 0.3 is 0 Å². The number of benzene rings is 1. The van der Waals surface area contributed by atoms with Gasteiger partial charge in [-0.1, -0.05) is 28.1 Å². The molecule has 0 amide bonds. The third-order valence-electron chi connectivity index (χ3n) is 2.62. The van der Waals surface area contributed by atoms with Crippen LogP contribution in [-0.4, -0.2) is 12.0 Å². The van der Waals surface area contributed by atoms with E-state index in [1.54, 1.807) is 11.3 Å². The molecule has 1 heterocycles. The Hall–Kier alpha value is -0.910. The van der Waals surface area contributed by atoms with Crippen molar-refractivity contribution in [1.82, 2.24) is 4.98 Å². The van der Waals surface area contributed by atoms with E-state index in [-0.39, 0.29) is 6.04 Å². The fraction of sp³-hybridized carbons (Fsp3) is 0.308. The molecule has 2 rings (SSSR count). The molecule has 0 saturated heterocycles. The maximum atomic E-state index is 5.84. The first-order chi connectivity index (χ1) is 8.56. The Morgan fingerprint density at radius 3 is 2.61 bits per heavy atom. The molecule has 1 aromatic heterocycles. The second-order valence-corrected chi connectivity index (χ2v) is 6.27. The lowest BCUT2D eigenvalue weighted by atomic mass is 10.2. The Kier molecular flexibility index (Phi) is 4.37. The van der Waals surface area contributed by atoms with Gasteiger partial charge in [0, 0.05) is 35.2 Å². The minimum absolute atomic E-state index is 0.0531. The minimum atomic E-state index is 0.0531. The maximum Gasteiger partial charge on any atom is 0.185 e. The zero-order valence-electron chi connectivity index (χ0n) is 10.4. The first kappa shape index (κ1) is 13.5. The minimum Gasteiger partial charge on any atom is -0.347 e. The molecule has 0 aliphatic rings. The van der Waals surface area contributed by atoms with Gasteiger partial charge in [0.15, 0.2) is 5.13 Å². The van der Waals surface area contributed by atoms with Crippen LogP contribution in [-0.2, 0) is 6.54 Å². The van der Waals surface area contributed by atoms with Crippen LogP contribution in [0.4, 0.5) is 5.13 Å². The van der Waals surface area contributed by atoms with Gasteiger partial charge in [0.05, 0.1) is 0 Å². The van der Waals surface area contributed by atoms with Crippen molar-refractivity contribution in [2.75, 3.05) is 11.9 Å². The first-order valence-electron chi connectivity index (χ1n) is 5.73. The van der Waals surface area contributed by atoms with E-state index in [0.717, 1.165) is 21.0 Å². The largest absolute Gasteiger partial charge is 0.347 e. The van der Waals surface area contributed by atoms with E-state index in [4.69, 9.17) is 5.73 Å².